The van der Waals surface area contributed by atoms with Gasteiger partial charge in [0.25, 0.3) is 0 Å². The third-order valence-electron chi connectivity index (χ3n) is 6.26. The summed E-state index contributed by atoms with van der Waals surface area (Å²) in [4.78, 5) is 34.4. The van der Waals surface area contributed by atoms with Gasteiger partial charge in [-0.1, -0.05) is 30.0 Å². The van der Waals surface area contributed by atoms with E-state index in [0.29, 0.717) is 35.6 Å². The lowest BCUT2D eigenvalue weighted by Gasteiger charge is -2.21. The van der Waals surface area contributed by atoms with Gasteiger partial charge in [0.15, 0.2) is 16.7 Å². The van der Waals surface area contributed by atoms with E-state index < -0.39 is 30.4 Å². The number of halogens is 6. The van der Waals surface area contributed by atoms with Gasteiger partial charge in [-0.25, -0.2) is 14.5 Å². The Bertz CT molecular complexity index is 1760. The molecule has 1 N–H and O–H groups in total. The van der Waals surface area contributed by atoms with Crippen molar-refractivity contribution in [3.63, 3.8) is 0 Å². The predicted octanol–water partition coefficient (Wildman–Crippen LogP) is 6.83. The second-order valence-electron chi connectivity index (χ2n) is 9.71. The van der Waals surface area contributed by atoms with Crippen LogP contribution in [0, 0.1) is 6.92 Å². The molecule has 0 aliphatic carbocycles. The van der Waals surface area contributed by atoms with Crippen LogP contribution in [0.3, 0.4) is 0 Å². The van der Waals surface area contributed by atoms with Gasteiger partial charge in [0.2, 0.25) is 5.91 Å². The molecular weight excluding hydrogens is 642 g/mol. The number of amidine groups is 1. The summed E-state index contributed by atoms with van der Waals surface area (Å²) in [5.41, 5.74) is 2.14. The van der Waals surface area contributed by atoms with E-state index in [4.69, 9.17) is 0 Å². The van der Waals surface area contributed by atoms with Crippen LogP contribution in [0.1, 0.15) is 17.0 Å². The first kappa shape index (κ1) is 32.3. The number of benzene rings is 3. The van der Waals surface area contributed by atoms with Crippen LogP contribution in [0.4, 0.5) is 42.5 Å². The summed E-state index contributed by atoms with van der Waals surface area (Å²) < 4.78 is 85.4. The second kappa shape index (κ2) is 13.1. The van der Waals surface area contributed by atoms with Crippen molar-refractivity contribution in [2.75, 3.05) is 16.0 Å². The first-order valence-corrected chi connectivity index (χ1v) is 14.3. The number of nitrogens with one attached hydrogen (secondary N) is 1. The maximum atomic E-state index is 13.0. The molecule has 1 aromatic heterocycles. The maximum Gasteiger partial charge on any atom is 0.573 e. The number of rotatable bonds is 8. The SMILES string of the molecule is Cc1ccc(OC(F)(F)F)c(N2C(=O)CSC2=NC(=O)Nc2ccc(CCc3ncn(-c4ccc(OC(F)(F)F)cc4)n3)cc2)c1. The Balaban J connectivity index is 1.19. The Morgan fingerprint density at radius 2 is 1.65 bits per heavy atom. The third-order valence-corrected chi connectivity index (χ3v) is 7.18. The normalized spacial score (nSPS) is 14.5. The molecule has 0 saturated carbocycles. The van der Waals surface area contributed by atoms with Crippen molar-refractivity contribution >= 4 is 40.2 Å². The number of ether oxygens (including phenoxy) is 2. The van der Waals surface area contributed by atoms with E-state index in [-0.39, 0.29) is 22.4 Å². The summed E-state index contributed by atoms with van der Waals surface area (Å²) in [6.07, 6.45) is -7.36. The molecule has 1 saturated heterocycles. The molecule has 3 amide bonds. The minimum atomic E-state index is -4.99. The zero-order chi connectivity index (χ0) is 33.1. The van der Waals surface area contributed by atoms with Crippen LogP contribution < -0.4 is 19.7 Å². The van der Waals surface area contributed by atoms with Crippen molar-refractivity contribution in [1.82, 2.24) is 14.8 Å². The van der Waals surface area contributed by atoms with E-state index in [1.165, 1.54) is 47.4 Å². The molecule has 3 aromatic carbocycles. The minimum absolute atomic E-state index is 0.103. The van der Waals surface area contributed by atoms with Gasteiger partial charge in [-0.15, -0.1) is 26.3 Å². The Hall–Kier alpha value is -5.06. The van der Waals surface area contributed by atoms with Crippen LogP contribution >= 0.6 is 11.8 Å². The molecule has 2 heterocycles. The highest BCUT2D eigenvalue weighted by Gasteiger charge is 2.37. The Kier molecular flexibility index (Phi) is 9.22. The highest BCUT2D eigenvalue weighted by atomic mass is 32.2. The number of alkyl halides is 6. The maximum absolute atomic E-state index is 13.0. The number of urea groups is 1. The van der Waals surface area contributed by atoms with Crippen molar-refractivity contribution < 1.29 is 45.4 Å². The molecule has 0 bridgehead atoms. The van der Waals surface area contributed by atoms with Crippen molar-refractivity contribution in [2.24, 2.45) is 4.99 Å². The fraction of sp³-hybridized carbons (Fsp3) is 0.207. The first-order valence-electron chi connectivity index (χ1n) is 13.3. The van der Waals surface area contributed by atoms with Crippen LogP contribution in [0.2, 0.25) is 0 Å². The number of hydrogen-bond donors (Lipinski definition) is 1. The van der Waals surface area contributed by atoms with Gasteiger partial charge in [-0.3, -0.25) is 9.69 Å². The average molecular weight is 665 g/mol. The molecule has 46 heavy (non-hydrogen) atoms. The van der Waals surface area contributed by atoms with E-state index >= 15 is 0 Å². The number of aromatic nitrogens is 3. The number of hydrogen-bond acceptors (Lipinski definition) is 7. The highest BCUT2D eigenvalue weighted by Crippen LogP contribution is 2.38. The molecule has 0 atom stereocenters. The third kappa shape index (κ3) is 8.56. The van der Waals surface area contributed by atoms with E-state index in [2.05, 4.69) is 29.9 Å². The summed E-state index contributed by atoms with van der Waals surface area (Å²) in [5, 5.41) is 6.81. The molecule has 17 heteroatoms. The fourth-order valence-electron chi connectivity index (χ4n) is 4.28. The zero-order valence-corrected chi connectivity index (χ0v) is 24.4. The lowest BCUT2D eigenvalue weighted by molar-refractivity contribution is -0.275. The number of thioether (sulfide) groups is 1. The number of amides is 3. The van der Waals surface area contributed by atoms with Gasteiger partial charge in [0.1, 0.15) is 12.1 Å². The van der Waals surface area contributed by atoms with Crippen LogP contribution in [-0.4, -0.2) is 50.3 Å². The van der Waals surface area contributed by atoms with Crippen molar-refractivity contribution in [3.8, 4) is 17.2 Å². The summed E-state index contributed by atoms with van der Waals surface area (Å²) in [5.74, 6) is -1.15. The van der Waals surface area contributed by atoms with E-state index in [9.17, 15) is 35.9 Å². The van der Waals surface area contributed by atoms with Gasteiger partial charge in [0, 0.05) is 12.1 Å². The van der Waals surface area contributed by atoms with Crippen LogP contribution in [0.25, 0.3) is 5.69 Å². The molecule has 4 aromatic rings. The molecule has 0 unspecified atom stereocenters. The molecule has 1 aliphatic rings. The van der Waals surface area contributed by atoms with Gasteiger partial charge in [0.05, 0.1) is 17.1 Å². The summed E-state index contributed by atoms with van der Waals surface area (Å²) in [7, 11) is 0. The molecule has 240 valence electrons. The van der Waals surface area contributed by atoms with Crippen LogP contribution in [-0.2, 0) is 17.6 Å². The average Bonchev–Trinajstić information content (AvgIpc) is 3.59. The van der Waals surface area contributed by atoms with Crippen molar-refractivity contribution in [2.45, 2.75) is 32.5 Å². The van der Waals surface area contributed by atoms with E-state index in [0.717, 1.165) is 28.3 Å². The Morgan fingerprint density at radius 3 is 2.33 bits per heavy atom. The van der Waals surface area contributed by atoms with E-state index in [1.807, 2.05) is 0 Å². The smallest absolute Gasteiger partial charge is 0.406 e. The number of anilines is 2. The summed E-state index contributed by atoms with van der Waals surface area (Å²) in [6, 6.07) is 14.9. The Labute approximate surface area is 261 Å². The topological polar surface area (TPSA) is 111 Å². The van der Waals surface area contributed by atoms with Gasteiger partial charge in [-0.2, -0.15) is 10.1 Å². The van der Waals surface area contributed by atoms with Crippen molar-refractivity contribution in [3.05, 3.63) is 90.0 Å². The lowest BCUT2D eigenvalue weighted by atomic mass is 10.1. The molecule has 5 rings (SSSR count). The van der Waals surface area contributed by atoms with Gasteiger partial charge in [-0.05, 0) is 73.0 Å². The molecule has 1 fully saturated rings. The van der Waals surface area contributed by atoms with Crippen LogP contribution in [0.5, 0.6) is 11.5 Å². The van der Waals surface area contributed by atoms with Gasteiger partial charge >= 0.3 is 18.8 Å². The first-order chi connectivity index (χ1) is 21.7. The largest absolute Gasteiger partial charge is 0.573 e. The Morgan fingerprint density at radius 1 is 0.957 bits per heavy atom. The number of aliphatic imine (C=N–C) groups is 1. The number of carbonyl (C=O) groups is 2. The monoisotopic (exact) mass is 664 g/mol. The zero-order valence-electron chi connectivity index (χ0n) is 23.6. The van der Waals surface area contributed by atoms with E-state index in [1.54, 1.807) is 31.2 Å². The second-order valence-corrected chi connectivity index (χ2v) is 10.6. The molecule has 1 aliphatic heterocycles. The molecular formula is C29H22F6N6O4S. The van der Waals surface area contributed by atoms with Crippen molar-refractivity contribution in [1.29, 1.82) is 0 Å². The summed E-state index contributed by atoms with van der Waals surface area (Å²) in [6.45, 7) is 1.63. The number of nitrogens with zero attached hydrogens (tertiary/aromatic N) is 5. The summed E-state index contributed by atoms with van der Waals surface area (Å²) >= 11 is 0.903. The lowest BCUT2D eigenvalue weighted by Crippen LogP contribution is -2.31. The fourth-order valence-corrected chi connectivity index (χ4v) is 5.14. The quantitative estimate of drug-likeness (QED) is 0.206. The highest BCUT2D eigenvalue weighted by molar-refractivity contribution is 8.15. The van der Waals surface area contributed by atoms with Crippen LogP contribution in [0.15, 0.2) is 78.0 Å². The number of aryl methyl sites for hydroxylation is 3. The molecule has 0 radical (unpaired) electrons. The number of carbonyl (C=O) groups excluding carboxylic acids is 2. The predicted molar refractivity (Wildman–Crippen MR) is 156 cm³/mol. The standard InChI is InChI=1S/C29H22F6N6O4S/c1-17-2-12-23(45-29(33,34)35)22(14-17)41-25(42)15-46-27(41)38-26(43)37-19-6-3-18(4-7-19)5-13-24-36-16-40(39-24)20-8-10-21(11-9-20)44-28(30,31)32/h2-4,6-12,14,16H,5,13,15H2,1H3,(H,37,43). The minimum Gasteiger partial charge on any atom is -0.406 e. The molecule has 0 spiro atoms. The van der Waals surface area contributed by atoms with Gasteiger partial charge < -0.3 is 14.8 Å². The molecule has 10 nitrogen and oxygen atoms in total.